The van der Waals surface area contributed by atoms with E-state index in [1.165, 1.54) is 19.2 Å². The summed E-state index contributed by atoms with van der Waals surface area (Å²) in [5.74, 6) is -0.698. The Morgan fingerprint density at radius 2 is 1.91 bits per heavy atom. The lowest BCUT2D eigenvalue weighted by Gasteiger charge is -2.19. The predicted octanol–water partition coefficient (Wildman–Crippen LogP) is 2.16. The van der Waals surface area contributed by atoms with Gasteiger partial charge >= 0.3 is 0 Å². The summed E-state index contributed by atoms with van der Waals surface area (Å²) in [7, 11) is 1.10. The molecule has 2 aromatic rings. The zero-order chi connectivity index (χ0) is 17.2. The van der Waals surface area contributed by atoms with Gasteiger partial charge in [-0.1, -0.05) is 17.7 Å². The van der Waals surface area contributed by atoms with E-state index in [0.29, 0.717) is 16.4 Å². The zero-order valence-corrected chi connectivity index (χ0v) is 14.3. The number of halogens is 1. The van der Waals surface area contributed by atoms with Crippen LogP contribution >= 0.6 is 11.6 Å². The Morgan fingerprint density at radius 3 is 2.52 bits per heavy atom. The van der Waals surface area contributed by atoms with E-state index in [9.17, 15) is 13.2 Å². The summed E-state index contributed by atoms with van der Waals surface area (Å²) in [5, 5.41) is 2.81. The molecule has 0 saturated heterocycles. The lowest BCUT2D eigenvalue weighted by molar-refractivity contribution is 0.0991. The highest BCUT2D eigenvalue weighted by molar-refractivity contribution is 7.89. The molecule has 1 aromatic carbocycles. The number of nitrogens with zero attached hydrogens (tertiary/aromatic N) is 1. The maximum absolute atomic E-state index is 12.2. The van der Waals surface area contributed by atoms with Crippen molar-refractivity contribution >= 4 is 38.9 Å². The number of furan rings is 1. The van der Waals surface area contributed by atoms with Gasteiger partial charge in [0.1, 0.15) is 0 Å². The quantitative estimate of drug-likeness (QED) is 0.855. The summed E-state index contributed by atoms with van der Waals surface area (Å²) in [4.78, 5) is 14.0. The smallest absolute Gasteiger partial charge is 0.291 e. The Morgan fingerprint density at radius 1 is 1.22 bits per heavy atom. The van der Waals surface area contributed by atoms with Gasteiger partial charge in [0, 0.05) is 14.1 Å². The van der Waals surface area contributed by atoms with Gasteiger partial charge in [0.25, 0.3) is 15.9 Å². The van der Waals surface area contributed by atoms with Crippen LogP contribution in [0.5, 0.6) is 0 Å². The Balaban J connectivity index is 2.29. The SMILES string of the molecule is CNS(=O)(=O)c1ccc(C(=O)Nc2cccc(Cl)c2N(C)C)o1. The van der Waals surface area contributed by atoms with Crippen LogP contribution in [0, 0.1) is 0 Å². The summed E-state index contributed by atoms with van der Waals surface area (Å²) in [5.41, 5.74) is 1.12. The molecular weight excluding hydrogens is 342 g/mol. The number of hydrogen-bond donors (Lipinski definition) is 2. The molecule has 0 unspecified atom stereocenters. The standard InChI is InChI=1S/C14H16ClN3O4S/c1-16-23(20,21)12-8-7-11(22-12)14(19)17-10-6-4-5-9(15)13(10)18(2)3/h4-8,16H,1-3H3,(H,17,19). The fourth-order valence-corrected chi connectivity index (χ4v) is 2.93. The molecule has 0 aliphatic carbocycles. The average Bonchev–Trinajstić information content (AvgIpc) is 2.97. The molecule has 0 saturated carbocycles. The summed E-state index contributed by atoms with van der Waals surface area (Å²) < 4.78 is 30.5. The normalized spacial score (nSPS) is 11.3. The number of nitrogens with one attached hydrogen (secondary N) is 2. The molecule has 0 fully saturated rings. The number of carbonyl (C=O) groups is 1. The van der Waals surface area contributed by atoms with Gasteiger partial charge in [0.05, 0.1) is 16.4 Å². The summed E-state index contributed by atoms with van der Waals surface area (Å²) in [6, 6.07) is 7.60. The second-order valence-corrected chi connectivity index (χ2v) is 7.04. The highest BCUT2D eigenvalue weighted by atomic mass is 35.5. The Kier molecular flexibility index (Phi) is 4.98. The van der Waals surface area contributed by atoms with Crippen molar-refractivity contribution in [2.24, 2.45) is 0 Å². The molecule has 0 aliphatic rings. The maximum atomic E-state index is 12.2. The fraction of sp³-hybridized carbons (Fsp3) is 0.214. The second-order valence-electron chi connectivity index (χ2n) is 4.81. The van der Waals surface area contributed by atoms with Crippen LogP contribution in [-0.2, 0) is 10.0 Å². The highest BCUT2D eigenvalue weighted by Gasteiger charge is 2.20. The molecule has 1 amide bonds. The van der Waals surface area contributed by atoms with Crippen molar-refractivity contribution in [3.8, 4) is 0 Å². The van der Waals surface area contributed by atoms with E-state index < -0.39 is 15.9 Å². The van der Waals surface area contributed by atoms with Crippen LogP contribution in [0.4, 0.5) is 11.4 Å². The van der Waals surface area contributed by atoms with E-state index in [1.54, 1.807) is 37.2 Å². The van der Waals surface area contributed by atoms with Crippen molar-refractivity contribution in [1.82, 2.24) is 4.72 Å². The van der Waals surface area contributed by atoms with E-state index >= 15 is 0 Å². The zero-order valence-electron chi connectivity index (χ0n) is 12.8. The van der Waals surface area contributed by atoms with Gasteiger partial charge < -0.3 is 14.6 Å². The maximum Gasteiger partial charge on any atom is 0.291 e. The number of carbonyl (C=O) groups excluding carboxylic acids is 1. The third-order valence-electron chi connectivity index (χ3n) is 3.02. The largest absolute Gasteiger partial charge is 0.438 e. The van der Waals surface area contributed by atoms with Gasteiger partial charge in [0.15, 0.2) is 5.76 Å². The number of sulfonamides is 1. The fourth-order valence-electron chi connectivity index (χ4n) is 1.94. The van der Waals surface area contributed by atoms with Crippen molar-refractivity contribution in [1.29, 1.82) is 0 Å². The number of para-hydroxylation sites is 1. The molecule has 9 heteroatoms. The van der Waals surface area contributed by atoms with Crippen molar-refractivity contribution in [3.05, 3.63) is 41.1 Å². The van der Waals surface area contributed by atoms with Crippen molar-refractivity contribution in [2.45, 2.75) is 5.09 Å². The van der Waals surface area contributed by atoms with Gasteiger partial charge in [-0.3, -0.25) is 4.79 Å². The Bertz CT molecular complexity index is 830. The number of amides is 1. The minimum atomic E-state index is -3.74. The monoisotopic (exact) mass is 357 g/mol. The Labute approximate surface area is 139 Å². The molecule has 0 spiro atoms. The molecule has 0 aliphatic heterocycles. The summed E-state index contributed by atoms with van der Waals surface area (Å²) in [6.07, 6.45) is 0. The van der Waals surface area contributed by atoms with Crippen molar-refractivity contribution in [3.63, 3.8) is 0 Å². The number of rotatable bonds is 5. The van der Waals surface area contributed by atoms with Crippen LogP contribution in [0.15, 0.2) is 39.8 Å². The van der Waals surface area contributed by atoms with Gasteiger partial charge in [-0.2, -0.15) is 0 Å². The number of benzene rings is 1. The van der Waals surface area contributed by atoms with Crippen LogP contribution < -0.4 is 14.9 Å². The van der Waals surface area contributed by atoms with Crippen LogP contribution in [0.3, 0.4) is 0 Å². The molecule has 1 aromatic heterocycles. The molecule has 2 N–H and O–H groups in total. The minimum absolute atomic E-state index is 0.122. The first-order valence-corrected chi connectivity index (χ1v) is 8.43. The number of hydrogen-bond acceptors (Lipinski definition) is 5. The first-order chi connectivity index (χ1) is 10.8. The van der Waals surface area contributed by atoms with E-state index in [-0.39, 0.29) is 10.9 Å². The predicted molar refractivity (Wildman–Crippen MR) is 88.7 cm³/mol. The Hall–Kier alpha value is -2.03. The summed E-state index contributed by atoms with van der Waals surface area (Å²) >= 11 is 6.13. The molecule has 2 rings (SSSR count). The van der Waals surface area contributed by atoms with Gasteiger partial charge in [-0.05, 0) is 31.3 Å². The van der Waals surface area contributed by atoms with E-state index in [4.69, 9.17) is 16.0 Å². The molecule has 7 nitrogen and oxygen atoms in total. The molecule has 0 atom stereocenters. The third kappa shape index (κ3) is 3.66. The lowest BCUT2D eigenvalue weighted by Crippen LogP contribution is -2.18. The second kappa shape index (κ2) is 6.61. The van der Waals surface area contributed by atoms with Crippen LogP contribution in [0.25, 0.3) is 0 Å². The van der Waals surface area contributed by atoms with Gasteiger partial charge in [-0.25, -0.2) is 13.1 Å². The average molecular weight is 358 g/mol. The van der Waals surface area contributed by atoms with Crippen LogP contribution in [-0.4, -0.2) is 35.5 Å². The van der Waals surface area contributed by atoms with Crippen molar-refractivity contribution < 1.29 is 17.6 Å². The first kappa shape index (κ1) is 17.3. The molecular formula is C14H16ClN3O4S. The van der Waals surface area contributed by atoms with Crippen LogP contribution in [0.2, 0.25) is 5.02 Å². The molecule has 124 valence electrons. The molecule has 1 heterocycles. The van der Waals surface area contributed by atoms with Gasteiger partial charge in [-0.15, -0.1) is 0 Å². The lowest BCUT2D eigenvalue weighted by atomic mass is 10.2. The minimum Gasteiger partial charge on any atom is -0.438 e. The molecule has 0 bridgehead atoms. The van der Waals surface area contributed by atoms with E-state index in [2.05, 4.69) is 10.0 Å². The van der Waals surface area contributed by atoms with E-state index in [1.807, 2.05) is 0 Å². The molecule has 0 radical (unpaired) electrons. The summed E-state index contributed by atoms with van der Waals surface area (Å²) in [6.45, 7) is 0. The highest BCUT2D eigenvalue weighted by Crippen LogP contribution is 2.32. The van der Waals surface area contributed by atoms with Crippen LogP contribution in [0.1, 0.15) is 10.6 Å². The van der Waals surface area contributed by atoms with E-state index in [0.717, 1.165) is 0 Å². The third-order valence-corrected chi connectivity index (χ3v) is 4.61. The topological polar surface area (TPSA) is 91.6 Å². The van der Waals surface area contributed by atoms with Gasteiger partial charge in [0.2, 0.25) is 5.09 Å². The first-order valence-electron chi connectivity index (χ1n) is 6.57. The molecule has 23 heavy (non-hydrogen) atoms. The van der Waals surface area contributed by atoms with Crippen molar-refractivity contribution in [2.75, 3.05) is 31.4 Å². The number of anilines is 2.